The van der Waals surface area contributed by atoms with E-state index in [1.54, 1.807) is 22.6 Å². The molecule has 0 unspecified atom stereocenters. The molecule has 0 radical (unpaired) electrons. The Balaban J connectivity index is 3.25. The van der Waals surface area contributed by atoms with Crippen LogP contribution < -0.4 is 10.5 Å². The number of ether oxygens (including phenoxy) is 1. The van der Waals surface area contributed by atoms with E-state index in [-0.39, 0.29) is 24.0 Å². The molecular weight excluding hydrogens is 340 g/mol. The number of hydrogen-bond acceptors (Lipinski definition) is 4. The fraction of sp³-hybridized carbons (Fsp3) is 0.250. The highest BCUT2D eigenvalue weighted by Gasteiger charge is 2.33. The lowest BCUT2D eigenvalue weighted by Gasteiger charge is -2.13. The van der Waals surface area contributed by atoms with Crippen LogP contribution in [0.4, 0.5) is 13.2 Å². The third-order valence-electron chi connectivity index (χ3n) is 1.68. The third-order valence-corrected chi connectivity index (χ3v) is 2.61. The lowest BCUT2D eigenvalue weighted by molar-refractivity contribution is -0.274. The quantitative estimate of drug-likeness (QED) is 0.516. The van der Waals surface area contributed by atoms with Crippen LogP contribution in [0, 0.1) is 3.70 Å². The number of halogens is 4. The van der Waals surface area contributed by atoms with Gasteiger partial charge in [0.15, 0.2) is 12.0 Å². The van der Waals surface area contributed by atoms with E-state index in [2.05, 4.69) is 9.72 Å². The summed E-state index contributed by atoms with van der Waals surface area (Å²) in [5.41, 5.74) is 5.33. The van der Waals surface area contributed by atoms with Crippen LogP contribution in [0.2, 0.25) is 0 Å². The van der Waals surface area contributed by atoms with E-state index in [4.69, 9.17) is 5.73 Å². The maximum absolute atomic E-state index is 12.0. The van der Waals surface area contributed by atoms with E-state index < -0.39 is 12.1 Å². The van der Waals surface area contributed by atoms with Crippen molar-refractivity contribution in [1.29, 1.82) is 0 Å². The smallest absolute Gasteiger partial charge is 0.403 e. The van der Waals surface area contributed by atoms with Gasteiger partial charge in [0.25, 0.3) is 0 Å². The van der Waals surface area contributed by atoms with E-state index in [0.29, 0.717) is 3.70 Å². The van der Waals surface area contributed by atoms with E-state index in [9.17, 15) is 18.0 Å². The van der Waals surface area contributed by atoms with Crippen molar-refractivity contribution >= 4 is 28.9 Å². The van der Waals surface area contributed by atoms with Gasteiger partial charge in [0, 0.05) is 12.1 Å². The lowest BCUT2D eigenvalue weighted by atomic mass is 10.1. The van der Waals surface area contributed by atoms with Gasteiger partial charge in [-0.15, -0.1) is 13.2 Å². The minimum atomic E-state index is -4.86. The third kappa shape index (κ3) is 3.04. The van der Waals surface area contributed by atoms with E-state index >= 15 is 0 Å². The summed E-state index contributed by atoms with van der Waals surface area (Å²) in [5, 5.41) is 0. The van der Waals surface area contributed by atoms with Crippen LogP contribution >= 0.6 is 22.6 Å². The number of nitrogens with two attached hydrogens (primary N) is 1. The van der Waals surface area contributed by atoms with Gasteiger partial charge < -0.3 is 10.5 Å². The molecule has 4 nitrogen and oxygen atoms in total. The number of carbonyl (C=O) groups is 1. The summed E-state index contributed by atoms with van der Waals surface area (Å²) in [4.78, 5) is 14.4. The van der Waals surface area contributed by atoms with Crippen molar-refractivity contribution in [1.82, 2.24) is 4.98 Å². The summed E-state index contributed by atoms with van der Waals surface area (Å²) in [6.45, 7) is -0.0889. The van der Waals surface area contributed by atoms with E-state index in [1.165, 1.54) is 0 Å². The zero-order valence-corrected chi connectivity index (χ0v) is 9.87. The molecule has 1 aromatic heterocycles. The highest BCUT2D eigenvalue weighted by molar-refractivity contribution is 14.1. The van der Waals surface area contributed by atoms with Crippen LogP contribution in [0.3, 0.4) is 0 Å². The molecule has 0 aliphatic carbocycles. The molecule has 8 heteroatoms. The van der Waals surface area contributed by atoms with E-state index in [0.717, 1.165) is 6.20 Å². The number of aldehydes is 1. The van der Waals surface area contributed by atoms with Gasteiger partial charge in [-0.25, -0.2) is 4.98 Å². The Morgan fingerprint density at radius 1 is 1.56 bits per heavy atom. The molecule has 0 aromatic carbocycles. The van der Waals surface area contributed by atoms with Crippen LogP contribution in [-0.4, -0.2) is 17.6 Å². The maximum Gasteiger partial charge on any atom is 0.573 e. The number of nitrogens with zero attached hydrogens (tertiary/aromatic N) is 1. The summed E-state index contributed by atoms with van der Waals surface area (Å²) < 4.78 is 40.0. The average Bonchev–Trinajstić information content (AvgIpc) is 2.18. The maximum atomic E-state index is 12.0. The molecule has 1 aromatic rings. The average molecular weight is 346 g/mol. The fourth-order valence-electron chi connectivity index (χ4n) is 1.05. The molecule has 88 valence electrons. The Kier molecular flexibility index (Phi) is 4.08. The molecule has 2 N–H and O–H groups in total. The molecule has 0 aliphatic heterocycles. The Bertz CT molecular complexity index is 409. The Labute approximate surface area is 102 Å². The van der Waals surface area contributed by atoms with Gasteiger partial charge in [-0.1, -0.05) is 0 Å². The van der Waals surface area contributed by atoms with Gasteiger partial charge in [0.2, 0.25) is 0 Å². The molecule has 0 bridgehead atoms. The summed E-state index contributed by atoms with van der Waals surface area (Å²) in [7, 11) is 0. The zero-order valence-electron chi connectivity index (χ0n) is 7.71. The van der Waals surface area contributed by atoms with Crippen molar-refractivity contribution in [2.24, 2.45) is 5.73 Å². The SMILES string of the molecule is NCc1c(I)ncc(OC(F)(F)F)c1C=O. The minimum Gasteiger partial charge on any atom is -0.403 e. The largest absolute Gasteiger partial charge is 0.573 e. The molecule has 0 atom stereocenters. The molecule has 1 rings (SSSR count). The molecule has 0 fully saturated rings. The second-order valence-electron chi connectivity index (χ2n) is 2.68. The van der Waals surface area contributed by atoms with Crippen molar-refractivity contribution in [3.8, 4) is 5.75 Å². The molecule has 0 aliphatic rings. The van der Waals surface area contributed by atoms with E-state index in [1.807, 2.05) is 0 Å². The molecule has 1 heterocycles. The van der Waals surface area contributed by atoms with Gasteiger partial charge in [0.05, 0.1) is 11.8 Å². The summed E-state index contributed by atoms with van der Waals surface area (Å²) in [6, 6.07) is 0. The van der Waals surface area contributed by atoms with Crippen molar-refractivity contribution in [3.05, 3.63) is 21.0 Å². The highest BCUT2D eigenvalue weighted by atomic mass is 127. The Morgan fingerprint density at radius 3 is 2.62 bits per heavy atom. The normalized spacial score (nSPS) is 11.3. The predicted molar refractivity (Wildman–Crippen MR) is 56.9 cm³/mol. The number of aromatic nitrogens is 1. The molecular formula is C8H6F3IN2O2. The van der Waals surface area contributed by atoms with Gasteiger partial charge in [0.1, 0.15) is 3.70 Å². The first kappa shape index (κ1) is 13.2. The number of carbonyl (C=O) groups excluding carboxylic acids is 1. The molecule has 0 spiro atoms. The molecule has 0 saturated heterocycles. The zero-order chi connectivity index (χ0) is 12.3. The minimum absolute atomic E-state index is 0.0889. The fourth-order valence-corrected chi connectivity index (χ4v) is 1.70. The highest BCUT2D eigenvalue weighted by Crippen LogP contribution is 2.28. The van der Waals surface area contributed by atoms with Crippen LogP contribution in [0.25, 0.3) is 0 Å². The molecule has 16 heavy (non-hydrogen) atoms. The summed E-state index contributed by atoms with van der Waals surface area (Å²) in [6.07, 6.45) is -3.75. The first-order valence-electron chi connectivity index (χ1n) is 3.97. The Hall–Kier alpha value is -0.900. The predicted octanol–water partition coefficient (Wildman–Crippen LogP) is 1.86. The van der Waals surface area contributed by atoms with Crippen LogP contribution in [0.5, 0.6) is 5.75 Å². The van der Waals surface area contributed by atoms with Crippen LogP contribution in [-0.2, 0) is 6.54 Å². The summed E-state index contributed by atoms with van der Waals surface area (Å²) in [5.74, 6) is -0.636. The van der Waals surface area contributed by atoms with Gasteiger partial charge in [-0.05, 0) is 22.6 Å². The van der Waals surface area contributed by atoms with Gasteiger partial charge in [-0.2, -0.15) is 0 Å². The number of alkyl halides is 3. The van der Waals surface area contributed by atoms with Crippen molar-refractivity contribution in [2.75, 3.05) is 0 Å². The number of rotatable bonds is 3. The van der Waals surface area contributed by atoms with Crippen LogP contribution in [0.1, 0.15) is 15.9 Å². The topological polar surface area (TPSA) is 65.2 Å². The molecule has 0 saturated carbocycles. The first-order valence-corrected chi connectivity index (χ1v) is 5.05. The van der Waals surface area contributed by atoms with Gasteiger partial charge in [-0.3, -0.25) is 4.79 Å². The monoisotopic (exact) mass is 346 g/mol. The van der Waals surface area contributed by atoms with Crippen LogP contribution in [0.15, 0.2) is 6.20 Å². The lowest BCUT2D eigenvalue weighted by Crippen LogP contribution is -2.19. The second kappa shape index (κ2) is 4.95. The Morgan fingerprint density at radius 2 is 2.19 bits per heavy atom. The number of pyridine rings is 1. The van der Waals surface area contributed by atoms with Crippen molar-refractivity contribution in [3.63, 3.8) is 0 Å². The van der Waals surface area contributed by atoms with Crippen molar-refractivity contribution in [2.45, 2.75) is 12.9 Å². The van der Waals surface area contributed by atoms with Crippen molar-refractivity contribution < 1.29 is 22.7 Å². The standard InChI is InChI=1S/C8H6F3IN2O2/c9-8(10,11)16-6-2-14-7(12)4(1-13)5(6)3-15/h2-3H,1,13H2. The summed E-state index contributed by atoms with van der Waals surface area (Å²) >= 11 is 1.78. The second-order valence-corrected chi connectivity index (χ2v) is 3.70. The van der Waals surface area contributed by atoms with Gasteiger partial charge >= 0.3 is 6.36 Å². The molecule has 0 amide bonds. The number of hydrogen-bond donors (Lipinski definition) is 1. The first-order chi connectivity index (χ1) is 7.39.